The molecule has 0 aliphatic rings. The van der Waals surface area contributed by atoms with E-state index in [1.165, 1.54) is 7.11 Å². The van der Waals surface area contributed by atoms with Crippen LogP contribution in [0.25, 0.3) is 17.2 Å². The van der Waals surface area contributed by atoms with Gasteiger partial charge < -0.3 is 25.3 Å². The van der Waals surface area contributed by atoms with Crippen molar-refractivity contribution in [3.63, 3.8) is 0 Å². The number of nitrogens with one attached hydrogen (secondary N) is 2. The molecule has 8 nitrogen and oxygen atoms in total. The first-order valence-corrected chi connectivity index (χ1v) is 13.7. The monoisotopic (exact) mass is 577 g/mol. The largest absolute Gasteiger partial charge is 0.493 e. The van der Waals surface area contributed by atoms with E-state index in [2.05, 4.69) is 5.32 Å². The lowest BCUT2D eigenvalue weighted by Crippen LogP contribution is -2.43. The van der Waals surface area contributed by atoms with Gasteiger partial charge in [-0.05, 0) is 59.0 Å². The van der Waals surface area contributed by atoms with Crippen LogP contribution in [0.3, 0.4) is 0 Å². The third-order valence-electron chi connectivity index (χ3n) is 7.09. The Hall–Kier alpha value is -5.37. The summed E-state index contributed by atoms with van der Waals surface area (Å²) < 4.78 is 15.9. The summed E-state index contributed by atoms with van der Waals surface area (Å²) in [6.07, 6.45) is 3.94. The second-order valence-electron chi connectivity index (χ2n) is 9.86. The van der Waals surface area contributed by atoms with Gasteiger partial charge in [-0.2, -0.15) is 0 Å². The molecule has 0 saturated carbocycles. The molecule has 0 spiro atoms. The number of amides is 1. The van der Waals surface area contributed by atoms with E-state index >= 15 is 0 Å². The summed E-state index contributed by atoms with van der Waals surface area (Å²) in [5, 5.41) is 10.8. The van der Waals surface area contributed by atoms with E-state index in [4.69, 9.17) is 25.4 Å². The van der Waals surface area contributed by atoms with Crippen molar-refractivity contribution in [1.82, 2.24) is 5.32 Å². The van der Waals surface area contributed by atoms with E-state index in [-0.39, 0.29) is 18.2 Å². The predicted molar refractivity (Wildman–Crippen MR) is 168 cm³/mol. The van der Waals surface area contributed by atoms with Crippen molar-refractivity contribution in [2.45, 2.75) is 12.5 Å². The highest BCUT2D eigenvalue weighted by atomic mass is 16.5. The first-order chi connectivity index (χ1) is 20.8. The molecule has 0 bridgehead atoms. The molecule has 4 rings (SSSR count). The maximum atomic E-state index is 13.5. The Labute approximate surface area is 251 Å². The summed E-state index contributed by atoms with van der Waals surface area (Å²) in [4.78, 5) is 26.6. The van der Waals surface area contributed by atoms with Crippen LogP contribution >= 0.6 is 0 Å². The van der Waals surface area contributed by atoms with E-state index in [0.717, 1.165) is 22.3 Å². The average molecular weight is 578 g/mol. The van der Waals surface area contributed by atoms with E-state index in [9.17, 15) is 9.59 Å². The van der Waals surface area contributed by atoms with Crippen LogP contribution in [0.15, 0.2) is 103 Å². The summed E-state index contributed by atoms with van der Waals surface area (Å²) >= 11 is 0. The topological polar surface area (TPSA) is 124 Å². The number of benzene rings is 4. The van der Waals surface area contributed by atoms with Crippen LogP contribution in [-0.2, 0) is 16.0 Å². The van der Waals surface area contributed by atoms with Crippen molar-refractivity contribution < 1.29 is 23.8 Å². The Morgan fingerprint density at radius 2 is 1.51 bits per heavy atom. The van der Waals surface area contributed by atoms with E-state index < -0.39 is 17.9 Å². The number of hydrogen-bond acceptors (Lipinski definition) is 6. The van der Waals surface area contributed by atoms with Gasteiger partial charge in [-0.15, -0.1) is 0 Å². The Morgan fingerprint density at radius 1 is 0.814 bits per heavy atom. The molecule has 0 aromatic heterocycles. The van der Waals surface area contributed by atoms with Gasteiger partial charge in [0.25, 0.3) is 5.91 Å². The maximum absolute atomic E-state index is 13.5. The van der Waals surface area contributed by atoms with Crippen molar-refractivity contribution in [1.29, 1.82) is 5.41 Å². The van der Waals surface area contributed by atoms with E-state index in [0.29, 0.717) is 22.6 Å². The zero-order chi connectivity index (χ0) is 30.8. The molecular weight excluding hydrogens is 542 g/mol. The number of nitrogens with two attached hydrogens (primary N) is 1. The number of rotatable bonds is 12. The first-order valence-electron chi connectivity index (χ1n) is 13.7. The molecular formula is C35H35N3O5. The van der Waals surface area contributed by atoms with Crippen molar-refractivity contribution in [2.75, 3.05) is 21.3 Å². The Balaban J connectivity index is 1.62. The quantitative estimate of drug-likeness (QED) is 0.116. The molecule has 220 valence electrons. The zero-order valence-corrected chi connectivity index (χ0v) is 24.4. The fraction of sp³-hybridized carbons (Fsp3) is 0.171. The zero-order valence-electron chi connectivity index (χ0n) is 24.4. The number of ether oxygens (including phenoxy) is 3. The normalized spacial score (nSPS) is 12.3. The molecule has 8 heteroatoms. The lowest BCUT2D eigenvalue weighted by Gasteiger charge is -2.24. The number of carbonyl (C=O) groups excluding carboxylic acids is 2. The second-order valence-corrected chi connectivity index (χ2v) is 9.86. The molecule has 2 atom stereocenters. The highest BCUT2D eigenvalue weighted by Crippen LogP contribution is 2.32. The molecule has 43 heavy (non-hydrogen) atoms. The standard InChI is InChI=1S/C35H35N3O5/c1-41-31-19-17-27(22-32(31)42-2)25-13-15-26(16-14-25)34(39)38-30(18-12-23-8-5-4-6-9-23)29(35(40)43-3)21-24-10-7-11-28(20-24)33(36)37/h4-20,22,29-30H,21H2,1-3H3,(H3,36,37)(H,38,39). The molecule has 4 aromatic carbocycles. The van der Waals surface area contributed by atoms with Gasteiger partial charge in [0.15, 0.2) is 11.5 Å². The van der Waals surface area contributed by atoms with Gasteiger partial charge in [0.1, 0.15) is 5.84 Å². The molecule has 0 heterocycles. The Bertz CT molecular complexity index is 1600. The minimum atomic E-state index is -0.748. The number of hydrogen-bond donors (Lipinski definition) is 3. The van der Waals surface area contributed by atoms with Crippen molar-refractivity contribution >= 4 is 23.8 Å². The smallest absolute Gasteiger partial charge is 0.311 e. The number of carbonyl (C=O) groups is 2. The summed E-state index contributed by atoms with van der Waals surface area (Å²) in [5.74, 6) is -0.389. The molecule has 4 aromatic rings. The number of amidine groups is 1. The van der Waals surface area contributed by atoms with Crippen molar-refractivity contribution in [2.24, 2.45) is 11.7 Å². The van der Waals surface area contributed by atoms with Gasteiger partial charge >= 0.3 is 5.97 Å². The SMILES string of the molecule is COC(=O)C(Cc1cccc(C(=N)N)c1)C(C=Cc1ccccc1)NC(=O)c1ccc(-c2ccc(OC)c(OC)c2)cc1. The molecule has 0 fully saturated rings. The van der Waals surface area contributed by atoms with Gasteiger partial charge in [0.2, 0.25) is 0 Å². The third-order valence-corrected chi connectivity index (χ3v) is 7.09. The van der Waals surface area contributed by atoms with E-state index in [1.54, 1.807) is 44.6 Å². The van der Waals surface area contributed by atoms with Crippen LogP contribution in [0, 0.1) is 11.3 Å². The molecule has 4 N–H and O–H groups in total. The highest BCUT2D eigenvalue weighted by molar-refractivity contribution is 5.96. The molecule has 0 radical (unpaired) electrons. The van der Waals surface area contributed by atoms with Crippen LogP contribution in [0.5, 0.6) is 11.5 Å². The molecule has 0 aliphatic heterocycles. The predicted octanol–water partition coefficient (Wildman–Crippen LogP) is 5.50. The molecule has 2 unspecified atom stereocenters. The molecule has 0 saturated heterocycles. The van der Waals surface area contributed by atoms with Crippen LogP contribution in [-0.4, -0.2) is 45.1 Å². The van der Waals surface area contributed by atoms with E-state index in [1.807, 2.05) is 78.9 Å². The van der Waals surface area contributed by atoms with Crippen molar-refractivity contribution in [3.8, 4) is 22.6 Å². The number of nitrogen functional groups attached to an aromatic ring is 1. The van der Waals surface area contributed by atoms with Gasteiger partial charge in [0, 0.05) is 11.1 Å². The van der Waals surface area contributed by atoms with Gasteiger partial charge in [-0.25, -0.2) is 0 Å². The van der Waals surface area contributed by atoms with Gasteiger partial charge in [-0.3, -0.25) is 15.0 Å². The van der Waals surface area contributed by atoms with Crippen LogP contribution in [0.2, 0.25) is 0 Å². The van der Waals surface area contributed by atoms with Crippen LogP contribution in [0.1, 0.15) is 27.0 Å². The van der Waals surface area contributed by atoms with Crippen LogP contribution in [0.4, 0.5) is 0 Å². The van der Waals surface area contributed by atoms with Crippen molar-refractivity contribution in [3.05, 3.63) is 125 Å². The minimum absolute atomic E-state index is 0.0678. The third kappa shape index (κ3) is 7.89. The lowest BCUT2D eigenvalue weighted by atomic mass is 9.90. The molecule has 1 amide bonds. The Morgan fingerprint density at radius 3 is 2.16 bits per heavy atom. The van der Waals surface area contributed by atoms with Gasteiger partial charge in [-0.1, -0.05) is 78.9 Å². The number of methoxy groups -OCH3 is 3. The lowest BCUT2D eigenvalue weighted by molar-refractivity contribution is -0.145. The maximum Gasteiger partial charge on any atom is 0.311 e. The fourth-order valence-corrected chi connectivity index (χ4v) is 4.75. The first kappa shape index (κ1) is 30.6. The van der Waals surface area contributed by atoms with Crippen LogP contribution < -0.4 is 20.5 Å². The molecule has 0 aliphatic carbocycles. The summed E-state index contributed by atoms with van der Waals surface area (Å²) in [5.41, 5.74) is 10.2. The highest BCUT2D eigenvalue weighted by Gasteiger charge is 2.30. The summed E-state index contributed by atoms with van der Waals surface area (Å²) in [6, 6.07) is 28.9. The number of esters is 1. The van der Waals surface area contributed by atoms with Gasteiger partial charge in [0.05, 0.1) is 33.3 Å². The minimum Gasteiger partial charge on any atom is -0.493 e. The summed E-state index contributed by atoms with van der Waals surface area (Å²) in [7, 11) is 4.49. The average Bonchev–Trinajstić information content (AvgIpc) is 3.05. The fourth-order valence-electron chi connectivity index (χ4n) is 4.75. The Kier molecular flexibility index (Phi) is 10.3. The second kappa shape index (κ2) is 14.5. The summed E-state index contributed by atoms with van der Waals surface area (Å²) in [6.45, 7) is 0.